The number of benzene rings is 2. The highest BCUT2D eigenvalue weighted by Gasteiger charge is 2.46. The molecule has 0 aliphatic carbocycles. The van der Waals surface area contributed by atoms with Crippen LogP contribution >= 0.6 is 11.6 Å². The lowest BCUT2D eigenvalue weighted by Gasteiger charge is -2.25. The van der Waals surface area contributed by atoms with E-state index in [0.717, 1.165) is 0 Å². The molecule has 1 aromatic heterocycles. The Bertz CT molecular complexity index is 1230. The van der Waals surface area contributed by atoms with Crippen LogP contribution in [0.1, 0.15) is 23.6 Å². The fraction of sp³-hybridized carbons (Fsp3) is 0.208. The van der Waals surface area contributed by atoms with Crippen LogP contribution in [0.5, 0.6) is 5.75 Å². The number of nitrogens with zero attached hydrogens (tertiary/aromatic N) is 3. The minimum atomic E-state index is -1.07. The van der Waals surface area contributed by atoms with E-state index in [1.54, 1.807) is 24.8 Å². The average molecular weight is 470 g/mol. The summed E-state index contributed by atoms with van der Waals surface area (Å²) < 4.78 is 21.8. The minimum absolute atomic E-state index is 0.125. The quantitative estimate of drug-likeness (QED) is 0.318. The molecule has 2 heterocycles. The molecule has 1 aliphatic heterocycles. The second-order valence-electron chi connectivity index (χ2n) is 7.52. The smallest absolute Gasteiger partial charge is 0.295 e. The number of hydrogen-bond donors (Lipinski definition) is 1. The number of ketones is 1. The predicted octanol–water partition coefficient (Wildman–Crippen LogP) is 4.20. The SMILES string of the molecule is COc1ccc(/C(O)=C2/C(=O)C(=O)N(CCCn3ccnc3)C2c2ccccc2F)cc1Cl. The van der Waals surface area contributed by atoms with Gasteiger partial charge in [-0.25, -0.2) is 9.37 Å². The Balaban J connectivity index is 1.76. The summed E-state index contributed by atoms with van der Waals surface area (Å²) in [4.78, 5) is 31.3. The molecule has 1 N–H and O–H groups in total. The largest absolute Gasteiger partial charge is 0.507 e. The molecule has 1 atom stereocenters. The standard InChI is InChI=1S/C24H21ClFN3O4/c1-33-19-8-7-15(13-17(19)25)22(30)20-21(16-5-2-3-6-18(16)26)29(24(32)23(20)31)11-4-10-28-12-9-27-14-28/h2-3,5-9,12-14,21,30H,4,10-11H2,1H3/b22-20-. The van der Waals surface area contributed by atoms with Gasteiger partial charge in [0, 0.05) is 36.6 Å². The first-order valence-electron chi connectivity index (χ1n) is 10.2. The Hall–Kier alpha value is -3.65. The average Bonchev–Trinajstić information content (AvgIpc) is 3.41. The van der Waals surface area contributed by atoms with E-state index in [9.17, 15) is 19.1 Å². The number of rotatable bonds is 7. The number of aromatic nitrogens is 2. The van der Waals surface area contributed by atoms with Gasteiger partial charge in [-0.2, -0.15) is 0 Å². The predicted molar refractivity (Wildman–Crippen MR) is 120 cm³/mol. The first kappa shape index (κ1) is 22.5. The topological polar surface area (TPSA) is 84.7 Å². The Kier molecular flexibility index (Phi) is 6.46. The van der Waals surface area contributed by atoms with Crippen LogP contribution in [-0.2, 0) is 16.1 Å². The first-order valence-corrected chi connectivity index (χ1v) is 10.6. The molecule has 1 amide bonds. The van der Waals surface area contributed by atoms with Gasteiger partial charge in [-0.3, -0.25) is 9.59 Å². The highest BCUT2D eigenvalue weighted by molar-refractivity contribution is 6.46. The van der Waals surface area contributed by atoms with E-state index in [4.69, 9.17) is 16.3 Å². The Morgan fingerprint density at radius 2 is 2.00 bits per heavy atom. The molecule has 4 rings (SSSR count). The number of aliphatic hydroxyl groups excluding tert-OH is 1. The first-order chi connectivity index (χ1) is 15.9. The van der Waals surface area contributed by atoms with Crippen LogP contribution in [0.3, 0.4) is 0 Å². The van der Waals surface area contributed by atoms with Crippen molar-refractivity contribution in [2.45, 2.75) is 19.0 Å². The van der Waals surface area contributed by atoms with Gasteiger partial charge in [0.15, 0.2) is 0 Å². The van der Waals surface area contributed by atoms with Crippen molar-refractivity contribution in [2.24, 2.45) is 0 Å². The maximum atomic E-state index is 14.8. The lowest BCUT2D eigenvalue weighted by Crippen LogP contribution is -2.31. The number of hydrogen-bond acceptors (Lipinski definition) is 5. The summed E-state index contributed by atoms with van der Waals surface area (Å²) in [7, 11) is 1.45. The molecule has 1 aliphatic rings. The zero-order chi connectivity index (χ0) is 23.5. The third-order valence-electron chi connectivity index (χ3n) is 5.54. The number of amides is 1. The third kappa shape index (κ3) is 4.34. The van der Waals surface area contributed by atoms with Gasteiger partial charge < -0.3 is 19.3 Å². The van der Waals surface area contributed by atoms with Crippen molar-refractivity contribution in [3.63, 3.8) is 0 Å². The van der Waals surface area contributed by atoms with E-state index in [-0.39, 0.29) is 28.3 Å². The van der Waals surface area contributed by atoms with Gasteiger partial charge in [0.25, 0.3) is 11.7 Å². The van der Waals surface area contributed by atoms with Crippen LogP contribution in [0, 0.1) is 5.82 Å². The summed E-state index contributed by atoms with van der Waals surface area (Å²) in [6, 6.07) is 9.31. The van der Waals surface area contributed by atoms with Gasteiger partial charge >= 0.3 is 0 Å². The second kappa shape index (κ2) is 9.46. The summed E-state index contributed by atoms with van der Waals surface area (Å²) in [6.45, 7) is 0.739. The Labute approximate surface area is 194 Å². The Morgan fingerprint density at radius 3 is 2.67 bits per heavy atom. The van der Waals surface area contributed by atoms with Crippen molar-refractivity contribution < 1.29 is 23.8 Å². The van der Waals surface area contributed by atoms with Gasteiger partial charge in [-0.05, 0) is 30.7 Å². The zero-order valence-electron chi connectivity index (χ0n) is 17.7. The maximum Gasteiger partial charge on any atom is 0.295 e. The number of methoxy groups -OCH3 is 1. The number of carbonyl (C=O) groups is 2. The number of halogens is 2. The van der Waals surface area contributed by atoms with E-state index in [2.05, 4.69) is 4.98 Å². The molecule has 0 spiro atoms. The van der Waals surface area contributed by atoms with Crippen molar-refractivity contribution in [3.8, 4) is 5.75 Å². The molecule has 0 bridgehead atoms. The van der Waals surface area contributed by atoms with Gasteiger partial charge in [-0.15, -0.1) is 0 Å². The number of aryl methyl sites for hydroxylation is 1. The monoisotopic (exact) mass is 469 g/mol. The molecule has 7 nitrogen and oxygen atoms in total. The molecule has 2 aromatic carbocycles. The van der Waals surface area contributed by atoms with Crippen LogP contribution in [-0.4, -0.2) is 44.9 Å². The fourth-order valence-corrected chi connectivity index (χ4v) is 4.20. The number of aliphatic hydroxyl groups is 1. The second-order valence-corrected chi connectivity index (χ2v) is 7.92. The highest BCUT2D eigenvalue weighted by Crippen LogP contribution is 2.41. The van der Waals surface area contributed by atoms with Gasteiger partial charge in [-0.1, -0.05) is 29.8 Å². The highest BCUT2D eigenvalue weighted by atomic mass is 35.5. The number of carbonyl (C=O) groups excluding carboxylic acids is 2. The minimum Gasteiger partial charge on any atom is -0.507 e. The molecule has 33 heavy (non-hydrogen) atoms. The van der Waals surface area contributed by atoms with E-state index >= 15 is 0 Å². The van der Waals surface area contributed by atoms with Crippen molar-refractivity contribution in [2.75, 3.05) is 13.7 Å². The molecule has 1 saturated heterocycles. The van der Waals surface area contributed by atoms with Crippen molar-refractivity contribution in [1.82, 2.24) is 14.5 Å². The number of ether oxygens (including phenoxy) is 1. The molecule has 0 radical (unpaired) electrons. The van der Waals surface area contributed by atoms with Gasteiger partial charge in [0.2, 0.25) is 0 Å². The van der Waals surface area contributed by atoms with Crippen LogP contribution in [0.2, 0.25) is 5.02 Å². The third-order valence-corrected chi connectivity index (χ3v) is 5.83. The van der Waals surface area contributed by atoms with Crippen molar-refractivity contribution >= 4 is 29.1 Å². The molecule has 3 aromatic rings. The van der Waals surface area contributed by atoms with Gasteiger partial charge in [0.1, 0.15) is 17.3 Å². The molecule has 1 fully saturated rings. The zero-order valence-corrected chi connectivity index (χ0v) is 18.5. The number of likely N-dealkylation sites (tertiary alicyclic amines) is 1. The molecular formula is C24H21ClFN3O4. The van der Waals surface area contributed by atoms with Gasteiger partial charge in [0.05, 0.1) is 30.1 Å². The summed E-state index contributed by atoms with van der Waals surface area (Å²) in [5.41, 5.74) is 0.160. The lowest BCUT2D eigenvalue weighted by molar-refractivity contribution is -0.140. The van der Waals surface area contributed by atoms with Crippen LogP contribution in [0.4, 0.5) is 4.39 Å². The molecule has 170 valence electrons. The fourth-order valence-electron chi connectivity index (χ4n) is 3.94. The normalized spacial score (nSPS) is 17.5. The van der Waals surface area contributed by atoms with E-state index in [0.29, 0.717) is 18.7 Å². The van der Waals surface area contributed by atoms with Crippen molar-refractivity contribution in [3.05, 3.63) is 88.7 Å². The van der Waals surface area contributed by atoms with Crippen molar-refractivity contribution in [1.29, 1.82) is 0 Å². The molecular weight excluding hydrogens is 449 g/mol. The van der Waals surface area contributed by atoms with E-state index < -0.39 is 29.3 Å². The number of Topliss-reactive ketones (excluding diaryl/α,β-unsaturated/α-hetero) is 1. The molecule has 9 heteroatoms. The van der Waals surface area contributed by atoms with Crippen LogP contribution in [0.25, 0.3) is 5.76 Å². The molecule has 1 unspecified atom stereocenters. The lowest BCUT2D eigenvalue weighted by atomic mass is 9.95. The summed E-state index contributed by atoms with van der Waals surface area (Å²) >= 11 is 6.18. The Morgan fingerprint density at radius 1 is 1.21 bits per heavy atom. The summed E-state index contributed by atoms with van der Waals surface area (Å²) in [6.07, 6.45) is 5.58. The van der Waals surface area contributed by atoms with Crippen LogP contribution < -0.4 is 4.74 Å². The summed E-state index contributed by atoms with van der Waals surface area (Å²) in [5.74, 6) is -2.30. The van der Waals surface area contributed by atoms with E-state index in [1.807, 2.05) is 4.57 Å². The maximum absolute atomic E-state index is 14.8. The number of imidazole rings is 1. The van der Waals surface area contributed by atoms with Crippen LogP contribution in [0.15, 0.2) is 66.8 Å². The summed E-state index contributed by atoms with van der Waals surface area (Å²) in [5, 5.41) is 11.3. The van der Waals surface area contributed by atoms with E-state index in [1.165, 1.54) is 48.4 Å². The molecule has 0 saturated carbocycles.